The molecule has 0 saturated carbocycles. The van der Waals surface area contributed by atoms with E-state index in [9.17, 15) is 14.4 Å². The lowest BCUT2D eigenvalue weighted by molar-refractivity contribution is -0.141. The molecule has 1 heterocycles. The van der Waals surface area contributed by atoms with Crippen LogP contribution < -0.4 is 10.6 Å². The molecule has 1 fully saturated rings. The Morgan fingerprint density at radius 1 is 0.933 bits per heavy atom. The highest BCUT2D eigenvalue weighted by atomic mass is 16.2. The van der Waals surface area contributed by atoms with Crippen LogP contribution in [0, 0.1) is 11.3 Å². The summed E-state index contributed by atoms with van der Waals surface area (Å²) in [6.45, 7) is 21.2. The molecule has 2 N–H and O–H groups in total. The van der Waals surface area contributed by atoms with Crippen molar-refractivity contribution in [3.63, 3.8) is 0 Å². The summed E-state index contributed by atoms with van der Waals surface area (Å²) in [5.74, 6) is -0.314. The molecule has 0 aromatic heterocycles. The topological polar surface area (TPSA) is 88.2 Å². The van der Waals surface area contributed by atoms with Gasteiger partial charge in [-0.3, -0.25) is 19.3 Å². The molecule has 3 amide bonds. The average molecular weight is 627 g/mol. The van der Waals surface area contributed by atoms with Crippen LogP contribution in [0.3, 0.4) is 0 Å². The third-order valence-electron chi connectivity index (χ3n) is 9.17. The Labute approximate surface area is 273 Å². The van der Waals surface area contributed by atoms with Crippen molar-refractivity contribution < 1.29 is 14.4 Å². The van der Waals surface area contributed by atoms with Gasteiger partial charge in [-0.05, 0) is 64.5 Å². The third kappa shape index (κ3) is 10.6. The lowest BCUT2D eigenvalue weighted by Gasteiger charge is -2.40. The SMILES string of the molecule is CN[C@H](C(=O)N[C@H](C(=O)N(C)[C@H](C=C(C)C(=O)N1CCN(CCCN(C)C)CC1)C(C)C)C(C)(C)C)C(C)(C)c1ccccc1. The maximum atomic E-state index is 14.2. The van der Waals surface area contributed by atoms with E-state index in [4.69, 9.17) is 0 Å². The van der Waals surface area contributed by atoms with Gasteiger partial charge in [0, 0.05) is 44.2 Å². The third-order valence-corrected chi connectivity index (χ3v) is 9.17. The number of likely N-dealkylation sites (N-methyl/N-ethyl adjacent to an activating group) is 2. The zero-order valence-corrected chi connectivity index (χ0v) is 30.2. The molecule has 9 nitrogen and oxygen atoms in total. The number of rotatable bonds is 14. The van der Waals surface area contributed by atoms with E-state index in [1.54, 1.807) is 19.0 Å². The van der Waals surface area contributed by atoms with Crippen LogP contribution in [0.1, 0.15) is 67.4 Å². The van der Waals surface area contributed by atoms with Gasteiger partial charge in [0.1, 0.15) is 6.04 Å². The Morgan fingerprint density at radius 3 is 2.00 bits per heavy atom. The molecule has 1 aromatic rings. The van der Waals surface area contributed by atoms with Crippen molar-refractivity contribution in [2.45, 2.75) is 85.4 Å². The molecule has 0 spiro atoms. The first-order valence-corrected chi connectivity index (χ1v) is 16.6. The molecule has 45 heavy (non-hydrogen) atoms. The highest BCUT2D eigenvalue weighted by Crippen LogP contribution is 2.29. The molecule has 0 radical (unpaired) electrons. The Balaban J connectivity index is 2.19. The number of nitrogens with one attached hydrogen (secondary N) is 2. The average Bonchev–Trinajstić information content (AvgIpc) is 2.97. The van der Waals surface area contributed by atoms with Gasteiger partial charge in [-0.15, -0.1) is 0 Å². The second-order valence-corrected chi connectivity index (χ2v) is 14.9. The molecule has 1 aromatic carbocycles. The van der Waals surface area contributed by atoms with E-state index in [1.165, 1.54) is 0 Å². The summed E-state index contributed by atoms with van der Waals surface area (Å²) in [6, 6.07) is 8.31. The molecule has 1 saturated heterocycles. The number of amides is 3. The predicted molar refractivity (Wildman–Crippen MR) is 185 cm³/mol. The van der Waals surface area contributed by atoms with Crippen molar-refractivity contribution in [3.05, 3.63) is 47.5 Å². The molecular weight excluding hydrogens is 564 g/mol. The second-order valence-electron chi connectivity index (χ2n) is 14.9. The number of nitrogens with zero attached hydrogens (tertiary/aromatic N) is 4. The number of hydrogen-bond donors (Lipinski definition) is 2. The van der Waals surface area contributed by atoms with Crippen LogP contribution in [0.5, 0.6) is 0 Å². The first kappa shape index (κ1) is 38.4. The van der Waals surface area contributed by atoms with E-state index in [-0.39, 0.29) is 29.7 Å². The van der Waals surface area contributed by atoms with Gasteiger partial charge in [0.15, 0.2) is 0 Å². The molecule has 0 aliphatic carbocycles. The Bertz CT molecular complexity index is 1130. The quantitative estimate of drug-likeness (QED) is 0.307. The van der Waals surface area contributed by atoms with Crippen molar-refractivity contribution in [2.24, 2.45) is 11.3 Å². The van der Waals surface area contributed by atoms with Gasteiger partial charge in [0.25, 0.3) is 0 Å². The summed E-state index contributed by atoms with van der Waals surface area (Å²) in [5, 5.41) is 6.31. The van der Waals surface area contributed by atoms with Crippen molar-refractivity contribution in [2.75, 3.05) is 67.5 Å². The first-order chi connectivity index (χ1) is 20.9. The summed E-state index contributed by atoms with van der Waals surface area (Å²) < 4.78 is 0. The number of carbonyl (C=O) groups is 3. The first-order valence-electron chi connectivity index (χ1n) is 16.6. The van der Waals surface area contributed by atoms with Crippen molar-refractivity contribution >= 4 is 17.7 Å². The van der Waals surface area contributed by atoms with Crippen LogP contribution in [-0.4, -0.2) is 123 Å². The van der Waals surface area contributed by atoms with Crippen LogP contribution in [0.4, 0.5) is 0 Å². The maximum Gasteiger partial charge on any atom is 0.249 e. The lowest BCUT2D eigenvalue weighted by Crippen LogP contribution is -2.61. The van der Waals surface area contributed by atoms with E-state index in [0.717, 1.165) is 38.2 Å². The summed E-state index contributed by atoms with van der Waals surface area (Å²) in [4.78, 5) is 49.7. The highest BCUT2D eigenvalue weighted by Gasteiger charge is 2.41. The molecule has 1 aliphatic rings. The number of benzene rings is 1. The monoisotopic (exact) mass is 626 g/mol. The smallest absolute Gasteiger partial charge is 0.249 e. The minimum atomic E-state index is -0.761. The van der Waals surface area contributed by atoms with Gasteiger partial charge >= 0.3 is 0 Å². The summed E-state index contributed by atoms with van der Waals surface area (Å²) in [7, 11) is 7.74. The molecule has 2 rings (SSSR count). The van der Waals surface area contributed by atoms with Gasteiger partial charge in [0.2, 0.25) is 17.7 Å². The maximum absolute atomic E-state index is 14.2. The molecule has 0 unspecified atom stereocenters. The van der Waals surface area contributed by atoms with Gasteiger partial charge in [-0.1, -0.05) is 84.9 Å². The van der Waals surface area contributed by atoms with E-state index >= 15 is 0 Å². The fourth-order valence-corrected chi connectivity index (χ4v) is 6.19. The fourth-order valence-electron chi connectivity index (χ4n) is 6.19. The minimum absolute atomic E-state index is 0.0233. The van der Waals surface area contributed by atoms with Crippen LogP contribution >= 0.6 is 0 Å². The van der Waals surface area contributed by atoms with E-state index < -0.39 is 22.9 Å². The van der Waals surface area contributed by atoms with Crippen LogP contribution in [-0.2, 0) is 19.8 Å². The number of carbonyl (C=O) groups excluding carboxylic acids is 3. The number of hydrogen-bond acceptors (Lipinski definition) is 6. The summed E-state index contributed by atoms with van der Waals surface area (Å²) in [6.07, 6.45) is 3.05. The van der Waals surface area contributed by atoms with Crippen LogP contribution in [0.25, 0.3) is 0 Å². The summed E-state index contributed by atoms with van der Waals surface area (Å²) in [5.41, 5.74) is 0.616. The molecule has 1 aliphatic heterocycles. The van der Waals surface area contributed by atoms with E-state index in [2.05, 4.69) is 48.4 Å². The molecule has 0 bridgehead atoms. The minimum Gasteiger partial charge on any atom is -0.342 e. The van der Waals surface area contributed by atoms with Gasteiger partial charge in [-0.25, -0.2) is 0 Å². The highest BCUT2D eigenvalue weighted by molar-refractivity contribution is 5.94. The van der Waals surface area contributed by atoms with Gasteiger partial charge < -0.3 is 25.3 Å². The predicted octanol–water partition coefficient (Wildman–Crippen LogP) is 3.61. The van der Waals surface area contributed by atoms with Gasteiger partial charge in [0.05, 0.1) is 12.1 Å². The standard InChI is InChI=1S/C36H62N6O3/c1-26(2)29(25-27(3)33(44)42-23-21-41(22-24-42)20-16-19-39(10)11)40(12)34(45)31(35(4,5)6)38-32(43)30(37-9)36(7,8)28-17-14-13-15-18-28/h13-15,17-18,25-26,29-31,37H,16,19-24H2,1-12H3,(H,38,43)/t29-,30-,31-/m1/s1. The van der Waals surface area contributed by atoms with Gasteiger partial charge in [-0.2, -0.15) is 0 Å². The largest absolute Gasteiger partial charge is 0.342 e. The molecule has 3 atom stereocenters. The van der Waals surface area contributed by atoms with E-state index in [1.807, 2.05) is 82.9 Å². The fraction of sp³-hybridized carbons (Fsp3) is 0.694. The van der Waals surface area contributed by atoms with Crippen LogP contribution in [0.15, 0.2) is 42.0 Å². The molecule has 9 heteroatoms. The zero-order chi connectivity index (χ0) is 34.1. The zero-order valence-electron chi connectivity index (χ0n) is 30.2. The van der Waals surface area contributed by atoms with Crippen molar-refractivity contribution in [1.82, 2.24) is 30.2 Å². The second kappa shape index (κ2) is 16.7. The Morgan fingerprint density at radius 2 is 1.51 bits per heavy atom. The molecular formula is C36H62N6O3. The number of piperazine rings is 1. The van der Waals surface area contributed by atoms with Crippen molar-refractivity contribution in [1.29, 1.82) is 0 Å². The van der Waals surface area contributed by atoms with Crippen LogP contribution in [0.2, 0.25) is 0 Å². The Hall–Kier alpha value is -2.75. The Kier molecular flexibility index (Phi) is 14.3. The summed E-state index contributed by atoms with van der Waals surface area (Å²) >= 11 is 0. The normalized spacial score (nSPS) is 17.3. The lowest BCUT2D eigenvalue weighted by atomic mass is 9.76. The molecule has 254 valence electrons. The van der Waals surface area contributed by atoms with Crippen molar-refractivity contribution in [3.8, 4) is 0 Å². The van der Waals surface area contributed by atoms with E-state index in [0.29, 0.717) is 18.7 Å².